The molecule has 0 radical (unpaired) electrons. The second-order valence-electron chi connectivity index (χ2n) is 3.02. The van der Waals surface area contributed by atoms with E-state index in [1.165, 1.54) is 13.4 Å². The molecule has 0 bridgehead atoms. The number of methoxy groups -OCH3 is 1. The number of esters is 1. The van der Waals surface area contributed by atoms with Gasteiger partial charge in [-0.05, 0) is 34.1 Å². The van der Waals surface area contributed by atoms with E-state index in [4.69, 9.17) is 4.42 Å². The first-order chi connectivity index (χ1) is 7.72. The molecule has 2 aromatic rings. The molecule has 0 amide bonds. The van der Waals surface area contributed by atoms with Crippen LogP contribution < -0.4 is 0 Å². The zero-order valence-electron chi connectivity index (χ0n) is 8.44. The van der Waals surface area contributed by atoms with E-state index < -0.39 is 0 Å². The van der Waals surface area contributed by atoms with Gasteiger partial charge >= 0.3 is 5.97 Å². The molecule has 0 spiro atoms. The second kappa shape index (κ2) is 4.49. The van der Waals surface area contributed by atoms with Gasteiger partial charge in [-0.15, -0.1) is 0 Å². The third-order valence-corrected chi connectivity index (χ3v) is 2.74. The van der Waals surface area contributed by atoms with Gasteiger partial charge < -0.3 is 9.15 Å². The lowest BCUT2D eigenvalue weighted by Crippen LogP contribution is -2.01. The summed E-state index contributed by atoms with van der Waals surface area (Å²) in [7, 11) is 1.34. The van der Waals surface area contributed by atoms with Crippen LogP contribution in [0.3, 0.4) is 0 Å². The summed E-state index contributed by atoms with van der Waals surface area (Å²) in [6.45, 7) is 0. The number of carbonyl (C=O) groups excluding carboxylic acids is 1. The summed E-state index contributed by atoms with van der Waals surface area (Å²) in [5, 5.41) is 0. The lowest BCUT2D eigenvalue weighted by molar-refractivity contribution is 0.0601. The van der Waals surface area contributed by atoms with E-state index in [9.17, 15) is 4.79 Å². The number of hydrogen-bond donors (Lipinski definition) is 0. The molecule has 1 aromatic heterocycles. The predicted molar refractivity (Wildman–Crippen MR) is 61.0 cm³/mol. The minimum atomic E-state index is -0.389. The Labute approximate surface area is 100 Å². The normalized spacial score (nSPS) is 10.1. The van der Waals surface area contributed by atoms with Crippen LogP contribution in [0.2, 0.25) is 0 Å². The molecule has 0 saturated carbocycles. The van der Waals surface area contributed by atoms with Crippen LogP contribution in [-0.2, 0) is 4.74 Å². The zero-order valence-corrected chi connectivity index (χ0v) is 10.0. The van der Waals surface area contributed by atoms with E-state index in [1.807, 2.05) is 0 Å². The van der Waals surface area contributed by atoms with Crippen molar-refractivity contribution in [2.45, 2.75) is 0 Å². The third kappa shape index (κ3) is 1.99. The molecule has 16 heavy (non-hydrogen) atoms. The first-order valence-electron chi connectivity index (χ1n) is 4.50. The molecule has 4 nitrogen and oxygen atoms in total. The topological polar surface area (TPSA) is 52.3 Å². The molecule has 0 fully saturated rings. The van der Waals surface area contributed by atoms with E-state index in [1.54, 1.807) is 24.4 Å². The van der Waals surface area contributed by atoms with Crippen LogP contribution in [0.1, 0.15) is 10.4 Å². The van der Waals surface area contributed by atoms with Gasteiger partial charge in [-0.1, -0.05) is 0 Å². The van der Waals surface area contributed by atoms with E-state index in [2.05, 4.69) is 25.7 Å². The first kappa shape index (κ1) is 10.9. The predicted octanol–water partition coefficient (Wildman–Crippen LogP) is 2.89. The molecule has 0 unspecified atom stereocenters. The number of carbonyl (C=O) groups is 1. The fraction of sp³-hybridized carbons (Fsp3) is 0.0909. The number of ether oxygens (including phenoxy) is 1. The van der Waals surface area contributed by atoms with Gasteiger partial charge in [0.1, 0.15) is 6.26 Å². The summed E-state index contributed by atoms with van der Waals surface area (Å²) in [6.07, 6.45) is 3.03. The van der Waals surface area contributed by atoms with Gasteiger partial charge in [0.05, 0.1) is 24.4 Å². The van der Waals surface area contributed by atoms with Crippen molar-refractivity contribution in [3.63, 3.8) is 0 Å². The third-order valence-electron chi connectivity index (χ3n) is 2.05. The summed E-state index contributed by atoms with van der Waals surface area (Å²) in [5.41, 5.74) is 1.17. The van der Waals surface area contributed by atoms with Gasteiger partial charge in [-0.25, -0.2) is 9.78 Å². The molecular weight excluding hydrogens is 274 g/mol. The minimum Gasteiger partial charge on any atom is -0.465 e. The Hall–Kier alpha value is -1.62. The average Bonchev–Trinajstić information content (AvgIpc) is 2.82. The average molecular weight is 282 g/mol. The van der Waals surface area contributed by atoms with Crippen molar-refractivity contribution in [1.29, 1.82) is 0 Å². The monoisotopic (exact) mass is 281 g/mol. The summed E-state index contributed by atoms with van der Waals surface area (Å²) < 4.78 is 10.6. The number of hydrogen-bond acceptors (Lipinski definition) is 4. The molecule has 0 saturated heterocycles. The highest BCUT2D eigenvalue weighted by atomic mass is 79.9. The van der Waals surface area contributed by atoms with Crippen LogP contribution in [0.5, 0.6) is 0 Å². The van der Waals surface area contributed by atoms with E-state index in [-0.39, 0.29) is 5.97 Å². The Morgan fingerprint density at radius 1 is 1.50 bits per heavy atom. The Balaban J connectivity index is 2.49. The number of nitrogens with zero attached hydrogens (tertiary/aromatic N) is 1. The van der Waals surface area contributed by atoms with Crippen LogP contribution >= 0.6 is 15.9 Å². The maximum atomic E-state index is 11.4. The summed E-state index contributed by atoms with van der Waals surface area (Å²) in [6, 6.07) is 5.09. The summed E-state index contributed by atoms with van der Waals surface area (Å²) in [4.78, 5) is 15.4. The van der Waals surface area contributed by atoms with Crippen molar-refractivity contribution >= 4 is 21.9 Å². The molecule has 0 N–H and O–H groups in total. The number of oxazole rings is 1. The lowest BCUT2D eigenvalue weighted by atomic mass is 10.1. The van der Waals surface area contributed by atoms with E-state index in [0.717, 1.165) is 4.47 Å². The minimum absolute atomic E-state index is 0.389. The zero-order chi connectivity index (χ0) is 11.5. The Kier molecular flexibility index (Phi) is 3.05. The van der Waals surface area contributed by atoms with Gasteiger partial charge in [-0.2, -0.15) is 0 Å². The molecule has 0 aliphatic rings. The van der Waals surface area contributed by atoms with Crippen molar-refractivity contribution in [2.24, 2.45) is 0 Å². The highest BCUT2D eigenvalue weighted by Gasteiger charge is 2.12. The largest absolute Gasteiger partial charge is 0.465 e. The van der Waals surface area contributed by atoms with Crippen molar-refractivity contribution in [3.05, 3.63) is 40.7 Å². The highest BCUT2D eigenvalue weighted by Crippen LogP contribution is 2.28. The number of halogens is 1. The molecule has 2 rings (SSSR count). The number of rotatable bonds is 2. The summed E-state index contributed by atoms with van der Waals surface area (Å²) in [5.74, 6) is 0.0675. The van der Waals surface area contributed by atoms with Crippen LogP contribution in [0.25, 0.3) is 11.5 Å². The maximum Gasteiger partial charge on any atom is 0.337 e. The van der Waals surface area contributed by atoms with Gasteiger partial charge in [0, 0.05) is 4.47 Å². The Morgan fingerprint density at radius 3 is 2.94 bits per heavy atom. The fourth-order valence-electron chi connectivity index (χ4n) is 1.29. The van der Waals surface area contributed by atoms with Gasteiger partial charge in [0.15, 0.2) is 0 Å². The van der Waals surface area contributed by atoms with Crippen LogP contribution in [-0.4, -0.2) is 18.1 Å². The number of aromatic nitrogens is 1. The Morgan fingerprint density at radius 2 is 2.31 bits per heavy atom. The molecule has 1 aromatic carbocycles. The van der Waals surface area contributed by atoms with Gasteiger partial charge in [0.2, 0.25) is 5.89 Å². The molecular formula is C11H8BrNO3. The highest BCUT2D eigenvalue weighted by molar-refractivity contribution is 9.10. The van der Waals surface area contributed by atoms with Crippen molar-refractivity contribution in [2.75, 3.05) is 7.11 Å². The van der Waals surface area contributed by atoms with E-state index in [0.29, 0.717) is 17.0 Å². The molecule has 0 aliphatic heterocycles. The quantitative estimate of drug-likeness (QED) is 0.795. The van der Waals surface area contributed by atoms with Crippen molar-refractivity contribution in [1.82, 2.24) is 4.98 Å². The lowest BCUT2D eigenvalue weighted by Gasteiger charge is -2.03. The molecule has 0 atom stereocenters. The SMILES string of the molecule is COC(=O)c1ccc(Br)c(-c2ncco2)c1. The summed E-state index contributed by atoms with van der Waals surface area (Å²) >= 11 is 3.37. The number of benzene rings is 1. The van der Waals surface area contributed by atoms with Crippen LogP contribution in [0, 0.1) is 0 Å². The van der Waals surface area contributed by atoms with Crippen LogP contribution in [0.4, 0.5) is 0 Å². The van der Waals surface area contributed by atoms with Crippen molar-refractivity contribution < 1.29 is 13.9 Å². The van der Waals surface area contributed by atoms with E-state index >= 15 is 0 Å². The van der Waals surface area contributed by atoms with Crippen molar-refractivity contribution in [3.8, 4) is 11.5 Å². The maximum absolute atomic E-state index is 11.4. The molecule has 5 heteroatoms. The van der Waals surface area contributed by atoms with Gasteiger partial charge in [-0.3, -0.25) is 0 Å². The Bertz CT molecular complexity index is 508. The van der Waals surface area contributed by atoms with Crippen LogP contribution in [0.15, 0.2) is 39.5 Å². The first-order valence-corrected chi connectivity index (χ1v) is 5.29. The second-order valence-corrected chi connectivity index (χ2v) is 3.88. The fourth-order valence-corrected chi connectivity index (χ4v) is 1.71. The van der Waals surface area contributed by atoms with Gasteiger partial charge in [0.25, 0.3) is 0 Å². The molecule has 82 valence electrons. The molecule has 0 aliphatic carbocycles. The molecule has 1 heterocycles. The standard InChI is InChI=1S/C11H8BrNO3/c1-15-11(14)7-2-3-9(12)8(6-7)10-13-4-5-16-10/h2-6H,1H3. The smallest absolute Gasteiger partial charge is 0.337 e.